The molecule has 1 spiro atoms. The van der Waals surface area contributed by atoms with Crippen LogP contribution in [0, 0.1) is 19.3 Å². The van der Waals surface area contributed by atoms with Crippen LogP contribution in [0.3, 0.4) is 0 Å². The van der Waals surface area contributed by atoms with Crippen LogP contribution in [-0.2, 0) is 10.0 Å². The molecule has 1 atom stereocenters. The molecule has 1 N–H and O–H groups in total. The Bertz CT molecular complexity index is 1560. The van der Waals surface area contributed by atoms with Gasteiger partial charge in [0.2, 0.25) is 10.0 Å². The van der Waals surface area contributed by atoms with Crippen LogP contribution in [0.1, 0.15) is 29.7 Å². The molecule has 0 radical (unpaired) electrons. The van der Waals surface area contributed by atoms with Crippen LogP contribution in [-0.4, -0.2) is 65.3 Å². The standard InChI is InChI=1S/C27H30N6O3S/c1-17-10-28-11-18(2)25(17)19(3)36-21-6-7-23-22(9-21)26(31-30-23)20-5-8-24(29-12-20)32-13-27(14-32)15-33(16-27)37(4,34)35/h5-12,19H,13-16H2,1-4H3,(H,30,31). The number of sulfonamides is 1. The second-order valence-electron chi connectivity index (χ2n) is 10.5. The highest BCUT2D eigenvalue weighted by Gasteiger charge is 2.54. The summed E-state index contributed by atoms with van der Waals surface area (Å²) in [4.78, 5) is 11.1. The van der Waals surface area contributed by atoms with Gasteiger partial charge in [-0.25, -0.2) is 17.7 Å². The Kier molecular flexibility index (Phi) is 5.50. The molecule has 4 aromatic rings. The van der Waals surface area contributed by atoms with Crippen molar-refractivity contribution in [2.24, 2.45) is 5.41 Å². The fourth-order valence-corrected chi connectivity index (χ4v) is 6.69. The van der Waals surface area contributed by atoms with Gasteiger partial charge in [0.15, 0.2) is 0 Å². The van der Waals surface area contributed by atoms with Crippen molar-refractivity contribution in [2.75, 3.05) is 37.3 Å². The van der Waals surface area contributed by atoms with Gasteiger partial charge < -0.3 is 9.64 Å². The fourth-order valence-electron chi connectivity index (χ4n) is 5.68. The number of aromatic nitrogens is 4. The van der Waals surface area contributed by atoms with Crippen molar-refractivity contribution >= 4 is 26.7 Å². The molecule has 9 nitrogen and oxygen atoms in total. The number of fused-ring (bicyclic) bond motifs is 1. The van der Waals surface area contributed by atoms with Crippen molar-refractivity contribution in [3.63, 3.8) is 0 Å². The summed E-state index contributed by atoms with van der Waals surface area (Å²) in [5.74, 6) is 1.67. The maximum absolute atomic E-state index is 11.7. The van der Waals surface area contributed by atoms with Crippen LogP contribution >= 0.6 is 0 Å². The average molecular weight is 519 g/mol. The Morgan fingerprint density at radius 1 is 1.03 bits per heavy atom. The lowest BCUT2D eigenvalue weighted by Crippen LogP contribution is -2.73. The SMILES string of the molecule is Cc1cncc(C)c1C(C)Oc1ccc2[nH]nc(-c3ccc(N4CC5(C4)CN(S(C)(=O)=O)C5)nc3)c2c1. The molecule has 6 rings (SSSR count). The number of aromatic amines is 1. The van der Waals surface area contributed by atoms with E-state index in [0.717, 1.165) is 63.5 Å². The molecule has 2 aliphatic heterocycles. The van der Waals surface area contributed by atoms with Gasteiger partial charge in [-0.05, 0) is 62.2 Å². The van der Waals surface area contributed by atoms with Gasteiger partial charge in [0.1, 0.15) is 23.4 Å². The summed E-state index contributed by atoms with van der Waals surface area (Å²) in [5, 5.41) is 8.64. The first-order chi connectivity index (χ1) is 17.6. The third kappa shape index (κ3) is 4.23. The zero-order chi connectivity index (χ0) is 25.9. The number of rotatable bonds is 6. The van der Waals surface area contributed by atoms with E-state index < -0.39 is 10.0 Å². The molecule has 3 aromatic heterocycles. The van der Waals surface area contributed by atoms with Gasteiger partial charge in [-0.2, -0.15) is 5.10 Å². The van der Waals surface area contributed by atoms with Crippen molar-refractivity contribution in [1.82, 2.24) is 24.5 Å². The van der Waals surface area contributed by atoms with Crippen LogP contribution in [0.2, 0.25) is 0 Å². The first kappa shape index (κ1) is 23.9. The number of ether oxygens (including phenoxy) is 1. The van der Waals surface area contributed by atoms with E-state index >= 15 is 0 Å². The molecule has 0 saturated carbocycles. The predicted octanol–water partition coefficient (Wildman–Crippen LogP) is 3.86. The van der Waals surface area contributed by atoms with E-state index in [4.69, 9.17) is 4.74 Å². The summed E-state index contributed by atoms with van der Waals surface area (Å²) in [5.41, 5.74) is 6.13. The third-order valence-corrected chi connectivity index (χ3v) is 8.73. The molecule has 1 aromatic carbocycles. The normalized spacial score (nSPS) is 18.0. The van der Waals surface area contributed by atoms with E-state index in [1.807, 2.05) is 48.9 Å². The monoisotopic (exact) mass is 518 g/mol. The number of anilines is 1. The van der Waals surface area contributed by atoms with Gasteiger partial charge in [-0.1, -0.05) is 0 Å². The van der Waals surface area contributed by atoms with Gasteiger partial charge in [0.05, 0.1) is 11.8 Å². The summed E-state index contributed by atoms with van der Waals surface area (Å²) in [6.07, 6.45) is 6.74. The van der Waals surface area contributed by atoms with Crippen molar-refractivity contribution in [3.05, 3.63) is 65.6 Å². The van der Waals surface area contributed by atoms with Crippen LogP contribution in [0.25, 0.3) is 22.2 Å². The summed E-state index contributed by atoms with van der Waals surface area (Å²) in [6, 6.07) is 10.0. The predicted molar refractivity (Wildman–Crippen MR) is 143 cm³/mol. The highest BCUT2D eigenvalue weighted by Crippen LogP contribution is 2.42. The van der Waals surface area contributed by atoms with E-state index in [-0.39, 0.29) is 11.5 Å². The number of benzene rings is 1. The van der Waals surface area contributed by atoms with Gasteiger partial charge in [-0.3, -0.25) is 10.1 Å². The summed E-state index contributed by atoms with van der Waals surface area (Å²) in [6.45, 7) is 9.02. The summed E-state index contributed by atoms with van der Waals surface area (Å²) in [7, 11) is -3.09. The van der Waals surface area contributed by atoms with Crippen molar-refractivity contribution in [1.29, 1.82) is 0 Å². The average Bonchev–Trinajstić information content (AvgIpc) is 3.20. The Hall–Kier alpha value is -3.50. The smallest absolute Gasteiger partial charge is 0.211 e. The number of aryl methyl sites for hydroxylation is 2. The lowest BCUT2D eigenvalue weighted by molar-refractivity contribution is 0.0395. The Morgan fingerprint density at radius 3 is 2.41 bits per heavy atom. The second-order valence-corrected chi connectivity index (χ2v) is 12.5. The quantitative estimate of drug-likeness (QED) is 0.413. The molecule has 0 bridgehead atoms. The first-order valence-electron chi connectivity index (χ1n) is 12.3. The molecule has 2 saturated heterocycles. The zero-order valence-corrected chi connectivity index (χ0v) is 22.2. The Balaban J connectivity index is 1.18. The molecule has 37 heavy (non-hydrogen) atoms. The van der Waals surface area contributed by atoms with Gasteiger partial charge in [0, 0.05) is 66.7 Å². The van der Waals surface area contributed by atoms with Crippen molar-refractivity contribution < 1.29 is 13.2 Å². The number of nitrogens with one attached hydrogen (secondary N) is 1. The van der Waals surface area contributed by atoms with Crippen LogP contribution in [0.15, 0.2) is 48.9 Å². The highest BCUT2D eigenvalue weighted by molar-refractivity contribution is 7.88. The van der Waals surface area contributed by atoms with E-state index in [2.05, 4.69) is 45.8 Å². The maximum Gasteiger partial charge on any atom is 0.211 e. The molecule has 10 heteroatoms. The van der Waals surface area contributed by atoms with E-state index in [1.165, 1.54) is 6.26 Å². The fraction of sp³-hybridized carbons (Fsp3) is 0.370. The number of pyridine rings is 2. The number of H-pyrrole nitrogens is 1. The molecule has 5 heterocycles. The highest BCUT2D eigenvalue weighted by atomic mass is 32.2. The minimum absolute atomic E-state index is 0.0721. The van der Waals surface area contributed by atoms with Crippen LogP contribution < -0.4 is 9.64 Å². The number of nitrogens with zero attached hydrogens (tertiary/aromatic N) is 5. The number of hydrogen-bond acceptors (Lipinski definition) is 7. The maximum atomic E-state index is 11.7. The second kappa shape index (κ2) is 8.53. The molecule has 0 amide bonds. The molecule has 2 fully saturated rings. The van der Waals surface area contributed by atoms with Gasteiger partial charge in [0.25, 0.3) is 0 Å². The first-order valence-corrected chi connectivity index (χ1v) is 14.2. The largest absolute Gasteiger partial charge is 0.486 e. The minimum Gasteiger partial charge on any atom is -0.486 e. The van der Waals surface area contributed by atoms with Crippen molar-refractivity contribution in [3.8, 4) is 17.0 Å². The molecular weight excluding hydrogens is 488 g/mol. The summed E-state index contributed by atoms with van der Waals surface area (Å²) >= 11 is 0. The minimum atomic E-state index is -3.09. The van der Waals surface area contributed by atoms with Crippen LogP contribution in [0.5, 0.6) is 5.75 Å². The van der Waals surface area contributed by atoms with E-state index in [1.54, 1.807) is 4.31 Å². The molecule has 2 aliphatic rings. The van der Waals surface area contributed by atoms with Gasteiger partial charge >= 0.3 is 0 Å². The topological polar surface area (TPSA) is 104 Å². The zero-order valence-electron chi connectivity index (χ0n) is 21.4. The molecule has 192 valence electrons. The van der Waals surface area contributed by atoms with Crippen molar-refractivity contribution in [2.45, 2.75) is 26.9 Å². The molecule has 0 aliphatic carbocycles. The Morgan fingerprint density at radius 2 is 1.76 bits per heavy atom. The Labute approximate surface area is 216 Å². The summed E-state index contributed by atoms with van der Waals surface area (Å²) < 4.78 is 31.2. The van der Waals surface area contributed by atoms with Crippen LogP contribution in [0.4, 0.5) is 5.82 Å². The molecular formula is C27H30N6O3S. The number of hydrogen-bond donors (Lipinski definition) is 1. The van der Waals surface area contributed by atoms with E-state index in [9.17, 15) is 8.42 Å². The van der Waals surface area contributed by atoms with E-state index in [0.29, 0.717) is 13.1 Å². The molecule has 1 unspecified atom stereocenters. The lowest BCUT2D eigenvalue weighted by atomic mass is 9.74. The third-order valence-electron chi connectivity index (χ3n) is 7.53. The van der Waals surface area contributed by atoms with Gasteiger partial charge in [-0.15, -0.1) is 0 Å². The lowest BCUT2D eigenvalue weighted by Gasteiger charge is -2.59.